The first-order valence-electron chi connectivity index (χ1n) is 4.99. The van der Waals surface area contributed by atoms with Crippen LogP contribution in [-0.4, -0.2) is 28.6 Å². The van der Waals surface area contributed by atoms with Gasteiger partial charge in [-0.25, -0.2) is 0 Å². The predicted molar refractivity (Wildman–Crippen MR) is 62.2 cm³/mol. The molecular formula is C11H17NO2S. The second-order valence-electron chi connectivity index (χ2n) is 3.92. The fraction of sp³-hybridized carbons (Fsp3) is 0.545. The Labute approximate surface area is 94.3 Å². The van der Waals surface area contributed by atoms with Crippen LogP contribution >= 0.6 is 11.3 Å². The molecule has 1 heterocycles. The lowest BCUT2D eigenvalue weighted by Crippen LogP contribution is -2.34. The molecule has 0 aromatic carbocycles. The van der Waals surface area contributed by atoms with Gasteiger partial charge >= 0.3 is 5.97 Å². The largest absolute Gasteiger partial charge is 0.480 e. The zero-order valence-corrected chi connectivity index (χ0v) is 10.2. The van der Waals surface area contributed by atoms with Crippen molar-refractivity contribution in [2.45, 2.75) is 33.4 Å². The minimum absolute atomic E-state index is 0.106. The lowest BCUT2D eigenvalue weighted by atomic mass is 10.2. The maximum atomic E-state index is 10.7. The van der Waals surface area contributed by atoms with Crippen molar-refractivity contribution < 1.29 is 9.90 Å². The molecule has 0 bridgehead atoms. The number of carboxylic acids is 1. The number of aryl methyl sites for hydroxylation is 1. The Morgan fingerprint density at radius 3 is 2.67 bits per heavy atom. The second kappa shape index (κ2) is 5.28. The summed E-state index contributed by atoms with van der Waals surface area (Å²) in [6.07, 6.45) is 0. The van der Waals surface area contributed by atoms with E-state index in [1.807, 2.05) is 24.1 Å². The SMILES string of the molecule is Cc1ccsc1CN(CC(=O)O)C(C)C. The summed E-state index contributed by atoms with van der Waals surface area (Å²) >= 11 is 1.69. The van der Waals surface area contributed by atoms with Gasteiger partial charge in [-0.05, 0) is 37.8 Å². The quantitative estimate of drug-likeness (QED) is 0.839. The molecule has 0 radical (unpaired) electrons. The fourth-order valence-corrected chi connectivity index (χ4v) is 2.28. The molecule has 0 aliphatic carbocycles. The van der Waals surface area contributed by atoms with Gasteiger partial charge in [0.1, 0.15) is 0 Å². The van der Waals surface area contributed by atoms with Crippen molar-refractivity contribution in [2.24, 2.45) is 0 Å². The molecule has 0 spiro atoms. The molecule has 84 valence electrons. The van der Waals surface area contributed by atoms with Crippen molar-refractivity contribution >= 4 is 17.3 Å². The fourth-order valence-electron chi connectivity index (χ4n) is 1.35. The Morgan fingerprint density at radius 2 is 2.27 bits per heavy atom. The molecule has 3 nitrogen and oxygen atoms in total. The van der Waals surface area contributed by atoms with Gasteiger partial charge < -0.3 is 5.11 Å². The van der Waals surface area contributed by atoms with E-state index in [-0.39, 0.29) is 12.6 Å². The summed E-state index contributed by atoms with van der Waals surface area (Å²) in [5.74, 6) is -0.766. The van der Waals surface area contributed by atoms with Gasteiger partial charge in [0.25, 0.3) is 0 Å². The molecule has 4 heteroatoms. The highest BCUT2D eigenvalue weighted by Gasteiger charge is 2.15. The highest BCUT2D eigenvalue weighted by atomic mass is 32.1. The van der Waals surface area contributed by atoms with E-state index in [1.165, 1.54) is 10.4 Å². The molecule has 0 atom stereocenters. The third kappa shape index (κ3) is 3.64. The Kier molecular flexibility index (Phi) is 4.29. The number of nitrogens with zero attached hydrogens (tertiary/aromatic N) is 1. The molecule has 0 saturated carbocycles. The van der Waals surface area contributed by atoms with Crippen LogP contribution < -0.4 is 0 Å². The number of thiophene rings is 1. The Balaban J connectivity index is 2.67. The molecule has 1 aromatic rings. The van der Waals surface area contributed by atoms with Crippen molar-refractivity contribution in [3.8, 4) is 0 Å². The van der Waals surface area contributed by atoms with Gasteiger partial charge in [0, 0.05) is 17.5 Å². The summed E-state index contributed by atoms with van der Waals surface area (Å²) in [6.45, 7) is 6.94. The number of carboxylic acid groups (broad SMARTS) is 1. The molecule has 0 aliphatic heterocycles. The molecule has 1 N–H and O–H groups in total. The molecule has 15 heavy (non-hydrogen) atoms. The first-order chi connectivity index (χ1) is 7.00. The van der Waals surface area contributed by atoms with Gasteiger partial charge in [-0.1, -0.05) is 0 Å². The number of hydrogen-bond donors (Lipinski definition) is 1. The monoisotopic (exact) mass is 227 g/mol. The summed E-state index contributed by atoms with van der Waals surface area (Å²) in [6, 6.07) is 2.32. The molecule has 0 amide bonds. The second-order valence-corrected chi connectivity index (χ2v) is 4.92. The van der Waals surface area contributed by atoms with Gasteiger partial charge in [-0.3, -0.25) is 9.69 Å². The lowest BCUT2D eigenvalue weighted by molar-refractivity contribution is -0.138. The first kappa shape index (κ1) is 12.2. The zero-order valence-electron chi connectivity index (χ0n) is 9.36. The minimum atomic E-state index is -0.766. The lowest BCUT2D eigenvalue weighted by Gasteiger charge is -2.24. The number of aliphatic carboxylic acids is 1. The standard InChI is InChI=1S/C11H17NO2S/c1-8(2)12(7-11(13)14)6-10-9(3)4-5-15-10/h4-5,8H,6-7H2,1-3H3,(H,13,14). The minimum Gasteiger partial charge on any atom is -0.480 e. The molecule has 0 aliphatic rings. The first-order valence-corrected chi connectivity index (χ1v) is 5.87. The van der Waals surface area contributed by atoms with Gasteiger partial charge in [0.2, 0.25) is 0 Å². The van der Waals surface area contributed by atoms with Gasteiger partial charge in [0.05, 0.1) is 6.54 Å². The van der Waals surface area contributed by atoms with E-state index in [4.69, 9.17) is 5.11 Å². The highest BCUT2D eigenvalue weighted by Crippen LogP contribution is 2.18. The van der Waals surface area contributed by atoms with Crippen molar-refractivity contribution in [3.63, 3.8) is 0 Å². The van der Waals surface area contributed by atoms with Gasteiger partial charge in [-0.15, -0.1) is 11.3 Å². The van der Waals surface area contributed by atoms with E-state index >= 15 is 0 Å². The van der Waals surface area contributed by atoms with E-state index in [0.29, 0.717) is 0 Å². The Morgan fingerprint density at radius 1 is 1.60 bits per heavy atom. The number of rotatable bonds is 5. The van der Waals surface area contributed by atoms with Crippen LogP contribution in [0.25, 0.3) is 0 Å². The predicted octanol–water partition coefficient (Wildman–Crippen LogP) is 2.35. The van der Waals surface area contributed by atoms with Crippen LogP contribution in [0.5, 0.6) is 0 Å². The Bertz CT molecular complexity index is 333. The van der Waals surface area contributed by atoms with Crippen LogP contribution in [0.3, 0.4) is 0 Å². The topological polar surface area (TPSA) is 40.5 Å². The summed E-state index contributed by atoms with van der Waals surface area (Å²) in [5, 5.41) is 10.8. The maximum absolute atomic E-state index is 10.7. The van der Waals surface area contributed by atoms with E-state index in [1.54, 1.807) is 11.3 Å². The Hall–Kier alpha value is -0.870. The van der Waals surface area contributed by atoms with Crippen molar-refractivity contribution in [1.82, 2.24) is 4.90 Å². The van der Waals surface area contributed by atoms with Crippen LogP contribution in [0, 0.1) is 6.92 Å². The molecule has 1 aromatic heterocycles. The number of hydrogen-bond acceptors (Lipinski definition) is 3. The van der Waals surface area contributed by atoms with Crippen molar-refractivity contribution in [3.05, 3.63) is 21.9 Å². The average Bonchev–Trinajstić information content (AvgIpc) is 2.50. The third-order valence-electron chi connectivity index (χ3n) is 2.38. The normalized spacial score (nSPS) is 11.3. The molecular weight excluding hydrogens is 210 g/mol. The summed E-state index contributed by atoms with van der Waals surface area (Å²) < 4.78 is 0. The zero-order chi connectivity index (χ0) is 11.4. The van der Waals surface area contributed by atoms with Crippen molar-refractivity contribution in [2.75, 3.05) is 6.54 Å². The summed E-state index contributed by atoms with van der Waals surface area (Å²) in [7, 11) is 0. The highest BCUT2D eigenvalue weighted by molar-refractivity contribution is 7.10. The molecule has 0 saturated heterocycles. The summed E-state index contributed by atoms with van der Waals surface area (Å²) in [5.41, 5.74) is 1.25. The van der Waals surface area contributed by atoms with Crippen LogP contribution in [0.4, 0.5) is 0 Å². The van der Waals surface area contributed by atoms with E-state index < -0.39 is 5.97 Å². The van der Waals surface area contributed by atoms with Gasteiger partial charge in [0.15, 0.2) is 0 Å². The van der Waals surface area contributed by atoms with Gasteiger partial charge in [-0.2, -0.15) is 0 Å². The summed E-state index contributed by atoms with van der Waals surface area (Å²) in [4.78, 5) is 13.9. The molecule has 0 fully saturated rings. The van der Waals surface area contributed by atoms with E-state index in [0.717, 1.165) is 6.54 Å². The van der Waals surface area contributed by atoms with Crippen LogP contribution in [-0.2, 0) is 11.3 Å². The average molecular weight is 227 g/mol. The van der Waals surface area contributed by atoms with Crippen LogP contribution in [0.1, 0.15) is 24.3 Å². The van der Waals surface area contributed by atoms with Crippen LogP contribution in [0.15, 0.2) is 11.4 Å². The van der Waals surface area contributed by atoms with E-state index in [2.05, 4.69) is 13.0 Å². The van der Waals surface area contributed by atoms with Crippen LogP contribution in [0.2, 0.25) is 0 Å². The molecule has 1 rings (SSSR count). The van der Waals surface area contributed by atoms with E-state index in [9.17, 15) is 4.79 Å². The van der Waals surface area contributed by atoms with Crippen molar-refractivity contribution in [1.29, 1.82) is 0 Å². The third-order valence-corrected chi connectivity index (χ3v) is 3.39. The molecule has 0 unspecified atom stereocenters. The number of carbonyl (C=O) groups is 1. The smallest absolute Gasteiger partial charge is 0.317 e. The maximum Gasteiger partial charge on any atom is 0.317 e.